The lowest BCUT2D eigenvalue weighted by Crippen LogP contribution is -1.90. The van der Waals surface area contributed by atoms with Gasteiger partial charge in [0.2, 0.25) is 0 Å². The highest BCUT2D eigenvalue weighted by Crippen LogP contribution is 2.23. The molecular weight excluding hydrogens is 206 g/mol. The first-order valence-electron chi connectivity index (χ1n) is 4.71. The van der Waals surface area contributed by atoms with Gasteiger partial charge in [0.15, 0.2) is 5.12 Å². The Morgan fingerprint density at radius 1 is 1.33 bits per heavy atom. The van der Waals surface area contributed by atoms with E-state index < -0.39 is 0 Å². The lowest BCUT2D eigenvalue weighted by molar-refractivity contribution is -0.109. The summed E-state index contributed by atoms with van der Waals surface area (Å²) in [5.74, 6) is 0. The quantitative estimate of drug-likeness (QED) is 0.687. The number of carbonyl (C=O) groups excluding carboxylic acids is 1. The molecule has 3 heteroatoms. The number of pyridine rings is 1. The zero-order valence-electron chi connectivity index (χ0n) is 8.65. The summed E-state index contributed by atoms with van der Waals surface area (Å²) in [6.07, 6.45) is 0. The zero-order valence-corrected chi connectivity index (χ0v) is 9.47. The van der Waals surface area contributed by atoms with Gasteiger partial charge in [-0.05, 0) is 30.1 Å². The third-order valence-corrected chi connectivity index (χ3v) is 2.86. The Bertz CT molecular complexity index is 522. The molecule has 2 aromatic rings. The Morgan fingerprint density at radius 3 is 2.80 bits per heavy atom. The Kier molecular flexibility index (Phi) is 2.73. The second kappa shape index (κ2) is 4.03. The van der Waals surface area contributed by atoms with Gasteiger partial charge in [-0.15, -0.1) is 0 Å². The summed E-state index contributed by atoms with van der Waals surface area (Å²) in [4.78, 5) is 15.4. The molecule has 0 saturated heterocycles. The second-order valence-corrected chi connectivity index (χ2v) is 4.56. The number of rotatable bonds is 1. The van der Waals surface area contributed by atoms with E-state index >= 15 is 0 Å². The van der Waals surface area contributed by atoms with E-state index in [-0.39, 0.29) is 5.12 Å². The molecule has 0 atom stereocenters. The third kappa shape index (κ3) is 2.18. The number of hydrogen-bond acceptors (Lipinski definition) is 3. The van der Waals surface area contributed by atoms with Gasteiger partial charge >= 0.3 is 0 Å². The van der Waals surface area contributed by atoms with Crippen molar-refractivity contribution >= 4 is 27.6 Å². The predicted octanol–water partition coefficient (Wildman–Crippen LogP) is 3.18. The van der Waals surface area contributed by atoms with Gasteiger partial charge in [-0.3, -0.25) is 4.79 Å². The minimum atomic E-state index is 0.0668. The average Bonchev–Trinajstić information content (AvgIpc) is 2.16. The van der Waals surface area contributed by atoms with Gasteiger partial charge in [-0.1, -0.05) is 24.3 Å². The minimum absolute atomic E-state index is 0.0668. The molecule has 1 aromatic carbocycles. The Morgan fingerprint density at radius 2 is 2.07 bits per heavy atom. The maximum atomic E-state index is 11.0. The number of fused-ring (bicyclic) bond motifs is 1. The van der Waals surface area contributed by atoms with Crippen LogP contribution in [0.25, 0.3) is 10.8 Å². The van der Waals surface area contributed by atoms with Crippen molar-refractivity contribution in [2.75, 3.05) is 0 Å². The van der Waals surface area contributed by atoms with Crippen LogP contribution in [0.15, 0.2) is 35.4 Å². The molecule has 0 amide bonds. The fraction of sp³-hybridized carbons (Fsp3) is 0.167. The Hall–Kier alpha value is -1.35. The molecule has 0 unspecified atom stereocenters. The van der Waals surface area contributed by atoms with Gasteiger partial charge in [0.05, 0.1) is 0 Å². The number of aromatic nitrogens is 1. The normalized spacial score (nSPS) is 10.5. The van der Waals surface area contributed by atoms with Gasteiger partial charge in [0, 0.05) is 18.0 Å². The average molecular weight is 217 g/mol. The Labute approximate surface area is 92.7 Å². The van der Waals surface area contributed by atoms with Crippen LogP contribution < -0.4 is 0 Å². The van der Waals surface area contributed by atoms with E-state index in [0.29, 0.717) is 0 Å². The van der Waals surface area contributed by atoms with E-state index in [9.17, 15) is 4.79 Å². The highest BCUT2D eigenvalue weighted by Gasteiger charge is 2.04. The molecule has 1 heterocycles. The molecule has 2 rings (SSSR count). The number of benzene rings is 1. The molecule has 0 aliphatic carbocycles. The van der Waals surface area contributed by atoms with Crippen LogP contribution in [0.2, 0.25) is 0 Å². The molecule has 0 spiro atoms. The van der Waals surface area contributed by atoms with Crippen molar-refractivity contribution in [3.05, 3.63) is 36.0 Å². The van der Waals surface area contributed by atoms with Crippen LogP contribution >= 0.6 is 11.8 Å². The van der Waals surface area contributed by atoms with Crippen LogP contribution in [-0.2, 0) is 4.79 Å². The van der Waals surface area contributed by atoms with Gasteiger partial charge in [-0.2, -0.15) is 0 Å². The van der Waals surface area contributed by atoms with E-state index in [2.05, 4.69) is 4.98 Å². The van der Waals surface area contributed by atoms with Crippen LogP contribution in [0.3, 0.4) is 0 Å². The summed E-state index contributed by atoms with van der Waals surface area (Å²) in [6.45, 7) is 3.52. The van der Waals surface area contributed by atoms with E-state index in [4.69, 9.17) is 0 Å². The largest absolute Gasteiger partial charge is 0.287 e. The summed E-state index contributed by atoms with van der Waals surface area (Å²) in [6, 6.07) is 10.0. The van der Waals surface area contributed by atoms with Crippen LogP contribution in [-0.4, -0.2) is 10.1 Å². The molecule has 0 saturated carbocycles. The van der Waals surface area contributed by atoms with Crippen LogP contribution in [0, 0.1) is 6.92 Å². The maximum Gasteiger partial charge on any atom is 0.192 e. The first-order chi connectivity index (χ1) is 7.16. The lowest BCUT2D eigenvalue weighted by atomic mass is 10.1. The van der Waals surface area contributed by atoms with Gasteiger partial charge < -0.3 is 0 Å². The summed E-state index contributed by atoms with van der Waals surface area (Å²) in [5.41, 5.74) is 0.969. The lowest BCUT2D eigenvalue weighted by Gasteiger charge is -2.04. The second-order valence-electron chi connectivity index (χ2n) is 3.36. The first kappa shape index (κ1) is 10.2. The third-order valence-electron chi connectivity index (χ3n) is 2.16. The number of hydrogen-bond donors (Lipinski definition) is 0. The number of thioether (sulfide) groups is 1. The smallest absolute Gasteiger partial charge is 0.192 e. The SMILES string of the molecule is CC(=O)Sc1cc2ccccc2c(C)n1. The molecule has 0 radical (unpaired) electrons. The topological polar surface area (TPSA) is 30.0 Å². The van der Waals surface area contributed by atoms with E-state index in [1.165, 1.54) is 11.8 Å². The van der Waals surface area contributed by atoms with Crippen molar-refractivity contribution in [3.63, 3.8) is 0 Å². The molecule has 76 valence electrons. The summed E-state index contributed by atoms with van der Waals surface area (Å²) < 4.78 is 0. The van der Waals surface area contributed by atoms with Crippen molar-refractivity contribution in [1.29, 1.82) is 0 Å². The maximum absolute atomic E-state index is 11.0. The molecule has 0 fully saturated rings. The van der Waals surface area contributed by atoms with Crippen LogP contribution in [0.1, 0.15) is 12.6 Å². The van der Waals surface area contributed by atoms with Crippen molar-refractivity contribution in [2.45, 2.75) is 18.9 Å². The number of carbonyl (C=O) groups is 1. The fourth-order valence-corrected chi connectivity index (χ4v) is 2.21. The summed E-state index contributed by atoms with van der Waals surface area (Å²) in [5, 5.41) is 3.12. The first-order valence-corrected chi connectivity index (χ1v) is 5.53. The number of nitrogens with zero attached hydrogens (tertiary/aromatic N) is 1. The van der Waals surface area contributed by atoms with E-state index in [0.717, 1.165) is 21.5 Å². The van der Waals surface area contributed by atoms with Crippen molar-refractivity contribution < 1.29 is 4.79 Å². The standard InChI is InChI=1S/C12H11NOS/c1-8-11-6-4-3-5-10(11)7-12(13-8)15-9(2)14/h3-7H,1-2H3. The van der Waals surface area contributed by atoms with E-state index in [1.54, 1.807) is 6.92 Å². The number of aryl methyl sites for hydroxylation is 1. The Balaban J connectivity index is 2.57. The zero-order chi connectivity index (χ0) is 10.8. The van der Waals surface area contributed by atoms with Crippen molar-refractivity contribution in [1.82, 2.24) is 4.98 Å². The van der Waals surface area contributed by atoms with Gasteiger partial charge in [0.25, 0.3) is 0 Å². The summed E-state index contributed by atoms with van der Waals surface area (Å²) >= 11 is 1.18. The van der Waals surface area contributed by atoms with E-state index in [1.807, 2.05) is 37.3 Å². The fourth-order valence-electron chi connectivity index (χ4n) is 1.54. The van der Waals surface area contributed by atoms with Crippen molar-refractivity contribution in [3.8, 4) is 0 Å². The van der Waals surface area contributed by atoms with Gasteiger partial charge in [-0.25, -0.2) is 4.98 Å². The highest BCUT2D eigenvalue weighted by atomic mass is 32.2. The molecular formula is C12H11NOS. The molecule has 0 aliphatic rings. The molecule has 2 nitrogen and oxygen atoms in total. The molecule has 15 heavy (non-hydrogen) atoms. The molecule has 1 aromatic heterocycles. The monoisotopic (exact) mass is 217 g/mol. The van der Waals surface area contributed by atoms with Gasteiger partial charge in [0.1, 0.15) is 5.03 Å². The van der Waals surface area contributed by atoms with Crippen LogP contribution in [0.4, 0.5) is 0 Å². The highest BCUT2D eigenvalue weighted by molar-refractivity contribution is 8.13. The molecule has 0 bridgehead atoms. The molecule has 0 N–H and O–H groups in total. The van der Waals surface area contributed by atoms with Crippen LogP contribution in [0.5, 0.6) is 0 Å². The minimum Gasteiger partial charge on any atom is -0.287 e. The predicted molar refractivity (Wildman–Crippen MR) is 63.0 cm³/mol. The molecule has 0 aliphatic heterocycles. The summed E-state index contributed by atoms with van der Waals surface area (Å²) in [7, 11) is 0. The van der Waals surface area contributed by atoms with Crippen molar-refractivity contribution in [2.24, 2.45) is 0 Å².